The van der Waals surface area contributed by atoms with E-state index in [0.717, 1.165) is 62.6 Å². The van der Waals surface area contributed by atoms with E-state index >= 15 is 0 Å². The molecule has 3 rings (SSSR count). The maximum atomic E-state index is 12.0. The number of carbonyl (C=O) groups excluding carboxylic acids is 1. The van der Waals surface area contributed by atoms with Crippen molar-refractivity contribution in [3.05, 3.63) is 22.9 Å². The fourth-order valence-corrected chi connectivity index (χ4v) is 2.78. The molecule has 1 aromatic heterocycles. The fraction of sp³-hybridized carbons (Fsp3) is 0.600. The summed E-state index contributed by atoms with van der Waals surface area (Å²) in [6.45, 7) is 5.78. The average molecular weight is 276 g/mol. The first-order chi connectivity index (χ1) is 9.79. The number of pyridine rings is 1. The van der Waals surface area contributed by atoms with Gasteiger partial charge in [-0.15, -0.1) is 0 Å². The smallest absolute Gasteiger partial charge is 0.340 e. The molecule has 1 saturated heterocycles. The van der Waals surface area contributed by atoms with Crippen molar-refractivity contribution in [2.45, 2.75) is 26.2 Å². The number of hydrogen-bond acceptors (Lipinski definition) is 5. The van der Waals surface area contributed by atoms with Gasteiger partial charge in [-0.25, -0.2) is 9.78 Å². The Morgan fingerprint density at radius 3 is 2.85 bits per heavy atom. The third-order valence-electron chi connectivity index (χ3n) is 3.79. The molecule has 0 unspecified atom stereocenters. The summed E-state index contributed by atoms with van der Waals surface area (Å²) in [6, 6.07) is 2.06. The minimum atomic E-state index is -0.212. The summed E-state index contributed by atoms with van der Waals surface area (Å²) in [5.41, 5.74) is 2.67. The zero-order valence-electron chi connectivity index (χ0n) is 11.9. The highest BCUT2D eigenvalue weighted by atomic mass is 16.5. The third-order valence-corrected chi connectivity index (χ3v) is 3.79. The van der Waals surface area contributed by atoms with Crippen LogP contribution in [-0.2, 0) is 22.3 Å². The van der Waals surface area contributed by atoms with Crippen LogP contribution in [0.1, 0.15) is 35.0 Å². The van der Waals surface area contributed by atoms with Crippen LogP contribution < -0.4 is 4.90 Å². The average Bonchev–Trinajstić information content (AvgIpc) is 2.48. The number of ether oxygens (including phenoxy) is 2. The number of rotatable bonds is 3. The summed E-state index contributed by atoms with van der Waals surface area (Å²) in [5.74, 6) is 0.765. The molecule has 0 aliphatic carbocycles. The first-order valence-electron chi connectivity index (χ1n) is 7.32. The van der Waals surface area contributed by atoms with Gasteiger partial charge in [0.1, 0.15) is 5.82 Å². The van der Waals surface area contributed by atoms with Crippen molar-refractivity contribution < 1.29 is 14.3 Å². The molecule has 5 heteroatoms. The van der Waals surface area contributed by atoms with Gasteiger partial charge in [0.15, 0.2) is 0 Å². The highest BCUT2D eigenvalue weighted by Crippen LogP contribution is 2.26. The Labute approximate surface area is 118 Å². The molecule has 0 aromatic carbocycles. The van der Waals surface area contributed by atoms with E-state index in [4.69, 9.17) is 14.5 Å². The number of nitrogens with zero attached hydrogens (tertiary/aromatic N) is 2. The number of aromatic nitrogens is 1. The largest absolute Gasteiger partial charge is 0.462 e. The van der Waals surface area contributed by atoms with Crippen LogP contribution in [0.5, 0.6) is 0 Å². The highest BCUT2D eigenvalue weighted by molar-refractivity contribution is 5.93. The predicted molar refractivity (Wildman–Crippen MR) is 75.3 cm³/mol. The summed E-state index contributed by atoms with van der Waals surface area (Å²) >= 11 is 0. The van der Waals surface area contributed by atoms with Gasteiger partial charge in [-0.1, -0.05) is 13.3 Å². The van der Waals surface area contributed by atoms with Crippen molar-refractivity contribution in [2.24, 2.45) is 0 Å². The third kappa shape index (κ3) is 2.50. The van der Waals surface area contributed by atoms with Crippen LogP contribution in [0.25, 0.3) is 0 Å². The SMILES string of the molecule is CCCc1nc(N2CCOCC2)cc2c1C(=O)OCC2. The van der Waals surface area contributed by atoms with Crippen LogP contribution in [-0.4, -0.2) is 43.9 Å². The van der Waals surface area contributed by atoms with E-state index in [1.165, 1.54) is 0 Å². The fourth-order valence-electron chi connectivity index (χ4n) is 2.78. The molecule has 1 aromatic rings. The van der Waals surface area contributed by atoms with E-state index in [9.17, 15) is 4.79 Å². The molecule has 20 heavy (non-hydrogen) atoms. The van der Waals surface area contributed by atoms with Crippen molar-refractivity contribution in [2.75, 3.05) is 37.8 Å². The van der Waals surface area contributed by atoms with E-state index in [-0.39, 0.29) is 5.97 Å². The number of morpholine rings is 1. The quantitative estimate of drug-likeness (QED) is 0.785. The lowest BCUT2D eigenvalue weighted by Gasteiger charge is -2.29. The van der Waals surface area contributed by atoms with Gasteiger partial charge >= 0.3 is 5.97 Å². The van der Waals surface area contributed by atoms with Gasteiger partial charge in [-0.3, -0.25) is 0 Å². The molecule has 0 atom stereocenters. The Hall–Kier alpha value is -1.62. The van der Waals surface area contributed by atoms with Gasteiger partial charge in [0.05, 0.1) is 31.1 Å². The Kier molecular flexibility index (Phi) is 3.87. The molecule has 0 N–H and O–H groups in total. The Morgan fingerprint density at radius 1 is 1.30 bits per heavy atom. The van der Waals surface area contributed by atoms with Crippen molar-refractivity contribution in [3.8, 4) is 0 Å². The molecule has 0 bridgehead atoms. The highest BCUT2D eigenvalue weighted by Gasteiger charge is 2.25. The van der Waals surface area contributed by atoms with E-state index < -0.39 is 0 Å². The molecule has 0 amide bonds. The van der Waals surface area contributed by atoms with Crippen molar-refractivity contribution in [1.82, 2.24) is 4.98 Å². The molecule has 2 aliphatic rings. The van der Waals surface area contributed by atoms with Gasteiger partial charge in [0.2, 0.25) is 0 Å². The summed E-state index contributed by atoms with van der Waals surface area (Å²) < 4.78 is 10.5. The maximum absolute atomic E-state index is 12.0. The van der Waals surface area contributed by atoms with Crippen LogP contribution in [0, 0.1) is 0 Å². The number of fused-ring (bicyclic) bond motifs is 1. The van der Waals surface area contributed by atoms with E-state index in [0.29, 0.717) is 12.2 Å². The van der Waals surface area contributed by atoms with Crippen LogP contribution in [0.2, 0.25) is 0 Å². The van der Waals surface area contributed by atoms with E-state index in [2.05, 4.69) is 17.9 Å². The molecule has 3 heterocycles. The Balaban J connectivity index is 1.99. The lowest BCUT2D eigenvalue weighted by molar-refractivity contribution is 0.0478. The summed E-state index contributed by atoms with van der Waals surface area (Å²) in [4.78, 5) is 18.9. The topological polar surface area (TPSA) is 51.7 Å². The zero-order chi connectivity index (χ0) is 13.9. The molecule has 0 saturated carbocycles. The van der Waals surface area contributed by atoms with Gasteiger partial charge < -0.3 is 14.4 Å². The number of esters is 1. The summed E-state index contributed by atoms with van der Waals surface area (Å²) in [6.07, 6.45) is 2.58. The number of cyclic esters (lactones) is 1. The van der Waals surface area contributed by atoms with Crippen LogP contribution >= 0.6 is 0 Å². The second kappa shape index (κ2) is 5.79. The standard InChI is InChI=1S/C15H20N2O3/c1-2-3-12-14-11(4-7-20-15(14)18)10-13(16-12)17-5-8-19-9-6-17/h10H,2-9H2,1H3. The first-order valence-corrected chi connectivity index (χ1v) is 7.32. The van der Waals surface area contributed by atoms with Crippen molar-refractivity contribution >= 4 is 11.8 Å². The van der Waals surface area contributed by atoms with Crippen molar-refractivity contribution in [3.63, 3.8) is 0 Å². The normalized spacial score (nSPS) is 18.6. The summed E-state index contributed by atoms with van der Waals surface area (Å²) in [5, 5.41) is 0. The zero-order valence-corrected chi connectivity index (χ0v) is 11.9. The number of hydrogen-bond donors (Lipinski definition) is 0. The summed E-state index contributed by atoms with van der Waals surface area (Å²) in [7, 11) is 0. The Bertz CT molecular complexity index is 510. The van der Waals surface area contributed by atoms with Crippen LogP contribution in [0.3, 0.4) is 0 Å². The van der Waals surface area contributed by atoms with E-state index in [1.807, 2.05) is 0 Å². The number of carbonyl (C=O) groups is 1. The second-order valence-electron chi connectivity index (χ2n) is 5.20. The molecule has 1 fully saturated rings. The molecular formula is C15H20N2O3. The van der Waals surface area contributed by atoms with Gasteiger partial charge in [-0.2, -0.15) is 0 Å². The Morgan fingerprint density at radius 2 is 2.10 bits per heavy atom. The van der Waals surface area contributed by atoms with E-state index in [1.54, 1.807) is 0 Å². The second-order valence-corrected chi connectivity index (χ2v) is 5.20. The predicted octanol–water partition coefficient (Wildman–Crippen LogP) is 1.58. The molecule has 2 aliphatic heterocycles. The molecule has 0 radical (unpaired) electrons. The molecule has 0 spiro atoms. The van der Waals surface area contributed by atoms with Crippen molar-refractivity contribution in [1.29, 1.82) is 0 Å². The lowest BCUT2D eigenvalue weighted by atomic mass is 9.99. The minimum absolute atomic E-state index is 0.212. The van der Waals surface area contributed by atoms with Gasteiger partial charge in [0.25, 0.3) is 0 Å². The molecular weight excluding hydrogens is 256 g/mol. The monoisotopic (exact) mass is 276 g/mol. The number of anilines is 1. The first kappa shape index (κ1) is 13.4. The van der Waals surface area contributed by atoms with Gasteiger partial charge in [-0.05, 0) is 18.1 Å². The minimum Gasteiger partial charge on any atom is -0.462 e. The maximum Gasteiger partial charge on any atom is 0.340 e. The van der Waals surface area contributed by atoms with Gasteiger partial charge in [0, 0.05) is 19.5 Å². The molecule has 5 nitrogen and oxygen atoms in total. The number of aryl methyl sites for hydroxylation is 1. The van der Waals surface area contributed by atoms with Crippen LogP contribution in [0.4, 0.5) is 5.82 Å². The molecule has 108 valence electrons. The lowest BCUT2D eigenvalue weighted by Crippen LogP contribution is -2.37. The van der Waals surface area contributed by atoms with Crippen LogP contribution in [0.15, 0.2) is 6.07 Å².